The third kappa shape index (κ3) is 4.12. The highest BCUT2D eigenvalue weighted by atomic mass is 32.1. The molecule has 0 spiro atoms. The van der Waals surface area contributed by atoms with Crippen LogP contribution in [0.1, 0.15) is 44.6 Å². The second-order valence-electron chi connectivity index (χ2n) is 6.21. The largest absolute Gasteiger partial charge is 0.343 e. The van der Waals surface area contributed by atoms with Gasteiger partial charge in [-0.25, -0.2) is 4.98 Å². The Labute approximate surface area is 146 Å². The summed E-state index contributed by atoms with van der Waals surface area (Å²) in [4.78, 5) is 30.2. The molecule has 0 saturated carbocycles. The molecule has 0 aliphatic carbocycles. The molecule has 128 valence electrons. The van der Waals surface area contributed by atoms with Crippen LogP contribution in [0.5, 0.6) is 0 Å². The topological polar surface area (TPSA) is 62.3 Å². The number of fused-ring (bicyclic) bond motifs is 1. The van der Waals surface area contributed by atoms with Gasteiger partial charge in [-0.3, -0.25) is 9.59 Å². The Hall–Kier alpha value is -1.95. The normalized spacial score (nSPS) is 14.3. The van der Waals surface area contributed by atoms with Crippen LogP contribution in [0.3, 0.4) is 0 Å². The number of nitrogens with zero attached hydrogens (tertiary/aromatic N) is 2. The van der Waals surface area contributed by atoms with Crippen LogP contribution in [-0.2, 0) is 16.0 Å². The van der Waals surface area contributed by atoms with E-state index in [1.165, 1.54) is 11.3 Å². The van der Waals surface area contributed by atoms with E-state index >= 15 is 0 Å². The number of nitrogens with one attached hydrogen (secondary N) is 1. The van der Waals surface area contributed by atoms with Gasteiger partial charge in [0.2, 0.25) is 11.8 Å². The number of hydrogen-bond acceptors (Lipinski definition) is 4. The first-order valence-corrected chi connectivity index (χ1v) is 9.44. The van der Waals surface area contributed by atoms with Gasteiger partial charge in [0.1, 0.15) is 0 Å². The average Bonchev–Trinajstić information content (AvgIpc) is 3.21. The molecule has 1 aliphatic rings. The Kier molecular flexibility index (Phi) is 5.45. The van der Waals surface area contributed by atoms with Crippen LogP contribution in [-0.4, -0.2) is 34.8 Å². The third-order valence-corrected chi connectivity index (χ3v) is 5.20. The summed E-state index contributed by atoms with van der Waals surface area (Å²) in [6.45, 7) is 3.80. The highest BCUT2D eigenvalue weighted by molar-refractivity contribution is 7.22. The van der Waals surface area contributed by atoms with Crippen molar-refractivity contribution in [1.82, 2.24) is 9.88 Å². The first-order chi connectivity index (χ1) is 11.7. The Morgan fingerprint density at radius 2 is 2.04 bits per heavy atom. The lowest BCUT2D eigenvalue weighted by Crippen LogP contribution is -2.27. The molecule has 1 aromatic heterocycles. The molecule has 5 nitrogen and oxygen atoms in total. The Bertz CT molecular complexity index is 735. The number of amides is 2. The van der Waals surface area contributed by atoms with E-state index in [0.717, 1.165) is 54.6 Å². The average molecular weight is 345 g/mol. The molecular formula is C18H23N3O2S. The van der Waals surface area contributed by atoms with Crippen molar-refractivity contribution >= 4 is 38.5 Å². The van der Waals surface area contributed by atoms with E-state index in [1.807, 2.05) is 24.0 Å². The molecule has 2 heterocycles. The van der Waals surface area contributed by atoms with Crippen molar-refractivity contribution in [1.29, 1.82) is 0 Å². The van der Waals surface area contributed by atoms with Crippen LogP contribution in [0.15, 0.2) is 18.2 Å². The molecule has 6 heteroatoms. The predicted octanol–water partition coefficient (Wildman–Crippen LogP) is 3.59. The minimum Gasteiger partial charge on any atom is -0.343 e. The fraction of sp³-hybridized carbons (Fsp3) is 0.500. The van der Waals surface area contributed by atoms with Crippen LogP contribution in [0, 0.1) is 0 Å². The second-order valence-corrected chi connectivity index (χ2v) is 7.24. The standard InChI is InChI=1S/C18H23N3O2S/c1-2-5-16(22)20-18-19-14-8-6-13(12-15(14)24-18)7-9-17(23)21-10-3-4-11-21/h6,8,12H,2-5,7,9-11H2,1H3,(H,19,20,22). The predicted molar refractivity (Wildman–Crippen MR) is 97.3 cm³/mol. The molecule has 1 saturated heterocycles. The summed E-state index contributed by atoms with van der Waals surface area (Å²) in [5, 5.41) is 3.49. The van der Waals surface area contributed by atoms with E-state index in [-0.39, 0.29) is 11.8 Å². The number of aromatic nitrogens is 1. The SMILES string of the molecule is CCCC(=O)Nc1nc2ccc(CCC(=O)N3CCCC3)cc2s1. The summed E-state index contributed by atoms with van der Waals surface area (Å²) >= 11 is 1.49. The van der Waals surface area contributed by atoms with E-state index in [2.05, 4.69) is 16.4 Å². The van der Waals surface area contributed by atoms with Gasteiger partial charge in [-0.2, -0.15) is 0 Å². The molecule has 1 aromatic carbocycles. The molecule has 1 N–H and O–H groups in total. The quantitative estimate of drug-likeness (QED) is 0.870. The molecule has 2 aromatic rings. The molecule has 2 amide bonds. The fourth-order valence-electron chi connectivity index (χ4n) is 2.96. The van der Waals surface area contributed by atoms with Crippen molar-refractivity contribution in [3.63, 3.8) is 0 Å². The fourth-order valence-corrected chi connectivity index (χ4v) is 3.91. The molecule has 1 fully saturated rings. The van der Waals surface area contributed by atoms with Crippen LogP contribution < -0.4 is 5.32 Å². The maximum absolute atomic E-state index is 12.1. The summed E-state index contributed by atoms with van der Waals surface area (Å²) in [7, 11) is 0. The van der Waals surface area contributed by atoms with E-state index in [9.17, 15) is 9.59 Å². The zero-order chi connectivity index (χ0) is 16.9. The van der Waals surface area contributed by atoms with Gasteiger partial charge in [-0.05, 0) is 43.4 Å². The molecule has 0 unspecified atom stereocenters. The molecule has 0 bridgehead atoms. The maximum atomic E-state index is 12.1. The van der Waals surface area contributed by atoms with Crippen LogP contribution >= 0.6 is 11.3 Å². The lowest BCUT2D eigenvalue weighted by Gasteiger charge is -2.14. The maximum Gasteiger partial charge on any atom is 0.226 e. The number of carbonyl (C=O) groups is 2. The lowest BCUT2D eigenvalue weighted by atomic mass is 10.1. The number of likely N-dealkylation sites (tertiary alicyclic amines) is 1. The first kappa shape index (κ1) is 16.9. The van der Waals surface area contributed by atoms with Gasteiger partial charge in [0, 0.05) is 25.9 Å². The van der Waals surface area contributed by atoms with Gasteiger partial charge in [-0.15, -0.1) is 0 Å². The van der Waals surface area contributed by atoms with E-state index < -0.39 is 0 Å². The highest BCUT2D eigenvalue weighted by Crippen LogP contribution is 2.27. The lowest BCUT2D eigenvalue weighted by molar-refractivity contribution is -0.130. The van der Waals surface area contributed by atoms with Crippen molar-refractivity contribution in [2.75, 3.05) is 18.4 Å². The Balaban J connectivity index is 1.62. The number of thiazole rings is 1. The zero-order valence-electron chi connectivity index (χ0n) is 14.0. The van der Waals surface area contributed by atoms with E-state index in [1.54, 1.807) is 0 Å². The Morgan fingerprint density at radius 3 is 2.79 bits per heavy atom. The zero-order valence-corrected chi connectivity index (χ0v) is 14.8. The van der Waals surface area contributed by atoms with E-state index in [4.69, 9.17) is 0 Å². The first-order valence-electron chi connectivity index (χ1n) is 8.63. The van der Waals surface area contributed by atoms with Gasteiger partial charge < -0.3 is 10.2 Å². The van der Waals surface area contributed by atoms with Gasteiger partial charge in [0.05, 0.1) is 10.2 Å². The summed E-state index contributed by atoms with van der Waals surface area (Å²) < 4.78 is 1.05. The summed E-state index contributed by atoms with van der Waals surface area (Å²) in [5.74, 6) is 0.261. The van der Waals surface area contributed by atoms with Crippen molar-refractivity contribution in [2.45, 2.75) is 45.4 Å². The number of carbonyl (C=O) groups excluding carboxylic acids is 2. The number of aryl methyl sites for hydroxylation is 1. The van der Waals surface area contributed by atoms with Crippen molar-refractivity contribution in [2.24, 2.45) is 0 Å². The minimum absolute atomic E-state index is 0.00740. The monoisotopic (exact) mass is 345 g/mol. The third-order valence-electron chi connectivity index (χ3n) is 4.26. The molecule has 3 rings (SSSR count). The van der Waals surface area contributed by atoms with Crippen LogP contribution in [0.2, 0.25) is 0 Å². The van der Waals surface area contributed by atoms with Crippen molar-refractivity contribution in [3.05, 3.63) is 23.8 Å². The van der Waals surface area contributed by atoms with Gasteiger partial charge >= 0.3 is 0 Å². The number of anilines is 1. The summed E-state index contributed by atoms with van der Waals surface area (Å²) in [5.41, 5.74) is 2.03. The molecule has 0 atom stereocenters. The van der Waals surface area contributed by atoms with Crippen molar-refractivity contribution < 1.29 is 9.59 Å². The van der Waals surface area contributed by atoms with Gasteiger partial charge in [-0.1, -0.05) is 24.3 Å². The minimum atomic E-state index is 0.00740. The van der Waals surface area contributed by atoms with Crippen molar-refractivity contribution in [3.8, 4) is 0 Å². The smallest absolute Gasteiger partial charge is 0.226 e. The molecule has 1 aliphatic heterocycles. The second kappa shape index (κ2) is 7.75. The molecular weight excluding hydrogens is 322 g/mol. The van der Waals surface area contributed by atoms with Gasteiger partial charge in [0.25, 0.3) is 0 Å². The summed E-state index contributed by atoms with van der Waals surface area (Å²) in [6, 6.07) is 6.08. The Morgan fingerprint density at radius 1 is 1.25 bits per heavy atom. The number of benzene rings is 1. The molecule has 0 radical (unpaired) electrons. The number of rotatable bonds is 6. The highest BCUT2D eigenvalue weighted by Gasteiger charge is 2.17. The number of hydrogen-bond donors (Lipinski definition) is 1. The van der Waals surface area contributed by atoms with E-state index in [0.29, 0.717) is 18.0 Å². The van der Waals surface area contributed by atoms with Crippen LogP contribution in [0.25, 0.3) is 10.2 Å². The van der Waals surface area contributed by atoms with Gasteiger partial charge in [0.15, 0.2) is 5.13 Å². The summed E-state index contributed by atoms with van der Waals surface area (Å²) in [6.07, 6.45) is 4.91. The van der Waals surface area contributed by atoms with Crippen LogP contribution in [0.4, 0.5) is 5.13 Å². The molecule has 24 heavy (non-hydrogen) atoms.